The fraction of sp³-hybridized carbons (Fsp3) is 0.385. The van der Waals surface area contributed by atoms with Crippen molar-refractivity contribution in [2.75, 3.05) is 19.8 Å². The fourth-order valence-electron chi connectivity index (χ4n) is 1.19. The molecule has 16 heavy (non-hydrogen) atoms. The maximum Gasteiger partial charge on any atom is 0.107 e. The van der Waals surface area contributed by atoms with Crippen LogP contribution in [0.4, 0.5) is 0 Å². The van der Waals surface area contributed by atoms with Crippen molar-refractivity contribution >= 4 is 0 Å². The highest BCUT2D eigenvalue weighted by molar-refractivity contribution is 5.13. The van der Waals surface area contributed by atoms with E-state index in [1.54, 1.807) is 0 Å². The van der Waals surface area contributed by atoms with Gasteiger partial charge in [0, 0.05) is 0 Å². The zero-order chi connectivity index (χ0) is 11.6. The lowest BCUT2D eigenvalue weighted by Crippen LogP contribution is -2.21. The van der Waals surface area contributed by atoms with E-state index < -0.39 is 6.10 Å². The lowest BCUT2D eigenvalue weighted by molar-refractivity contribution is -0.0170. The summed E-state index contributed by atoms with van der Waals surface area (Å²) in [4.78, 5) is 0. The standard InChI is InChI=1S/C13H16O3/c1-2-8-15-10-13(14)11-16-9-12-6-4-3-5-7-12/h1,3-7,13-14H,8-11H2. The number of ether oxygens (including phenoxy) is 2. The molecule has 1 atom stereocenters. The number of hydrogen-bond donors (Lipinski definition) is 1. The molecule has 0 saturated carbocycles. The van der Waals surface area contributed by atoms with Crippen molar-refractivity contribution in [3.8, 4) is 12.3 Å². The molecule has 3 heteroatoms. The van der Waals surface area contributed by atoms with Crippen LogP contribution in [0.15, 0.2) is 30.3 Å². The lowest BCUT2D eigenvalue weighted by Gasteiger charge is -2.10. The van der Waals surface area contributed by atoms with E-state index in [0.29, 0.717) is 6.61 Å². The molecule has 0 heterocycles. The zero-order valence-corrected chi connectivity index (χ0v) is 9.13. The van der Waals surface area contributed by atoms with Gasteiger partial charge in [-0.1, -0.05) is 36.3 Å². The Balaban J connectivity index is 2.09. The van der Waals surface area contributed by atoms with Crippen LogP contribution in [0.1, 0.15) is 5.56 Å². The second-order valence-corrected chi connectivity index (χ2v) is 3.37. The SMILES string of the molecule is C#CCOCC(O)COCc1ccccc1. The number of benzene rings is 1. The summed E-state index contributed by atoms with van der Waals surface area (Å²) in [5.74, 6) is 2.33. The van der Waals surface area contributed by atoms with E-state index >= 15 is 0 Å². The summed E-state index contributed by atoms with van der Waals surface area (Å²) in [6.45, 7) is 1.17. The molecule has 0 fully saturated rings. The molecule has 0 aliphatic rings. The van der Waals surface area contributed by atoms with E-state index in [9.17, 15) is 5.11 Å². The largest absolute Gasteiger partial charge is 0.388 e. The Labute approximate surface area is 96.0 Å². The van der Waals surface area contributed by atoms with Crippen LogP contribution in [0.5, 0.6) is 0 Å². The molecule has 0 aliphatic carbocycles. The van der Waals surface area contributed by atoms with Crippen LogP contribution in [0.3, 0.4) is 0 Å². The Bertz CT molecular complexity index is 316. The van der Waals surface area contributed by atoms with Gasteiger partial charge in [-0.05, 0) is 5.56 Å². The first-order chi connectivity index (χ1) is 7.83. The van der Waals surface area contributed by atoms with Gasteiger partial charge >= 0.3 is 0 Å². The predicted octanol–water partition coefficient (Wildman–Crippen LogP) is 1.21. The Hall–Kier alpha value is -1.34. The normalized spacial score (nSPS) is 12.0. The predicted molar refractivity (Wildman–Crippen MR) is 61.8 cm³/mol. The maximum absolute atomic E-state index is 9.44. The first-order valence-electron chi connectivity index (χ1n) is 5.14. The van der Waals surface area contributed by atoms with Crippen molar-refractivity contribution in [2.45, 2.75) is 12.7 Å². The third-order valence-corrected chi connectivity index (χ3v) is 1.92. The van der Waals surface area contributed by atoms with Crippen LogP contribution in [0.25, 0.3) is 0 Å². The van der Waals surface area contributed by atoms with Crippen molar-refractivity contribution in [1.29, 1.82) is 0 Å². The number of terminal acetylenes is 1. The third kappa shape index (κ3) is 5.52. The summed E-state index contributed by atoms with van der Waals surface area (Å²) in [7, 11) is 0. The average molecular weight is 220 g/mol. The molecule has 3 nitrogen and oxygen atoms in total. The van der Waals surface area contributed by atoms with Crippen LogP contribution in [0.2, 0.25) is 0 Å². The van der Waals surface area contributed by atoms with Gasteiger partial charge in [-0.3, -0.25) is 0 Å². The highest BCUT2D eigenvalue weighted by Crippen LogP contribution is 2.01. The summed E-state index contributed by atoms with van der Waals surface area (Å²) < 4.78 is 10.3. The van der Waals surface area contributed by atoms with Gasteiger partial charge in [0.15, 0.2) is 0 Å². The number of rotatable bonds is 7. The molecular weight excluding hydrogens is 204 g/mol. The molecule has 1 unspecified atom stereocenters. The van der Waals surface area contributed by atoms with E-state index in [-0.39, 0.29) is 19.8 Å². The quantitative estimate of drug-likeness (QED) is 0.554. The van der Waals surface area contributed by atoms with E-state index in [0.717, 1.165) is 5.56 Å². The van der Waals surface area contributed by atoms with Crippen molar-refractivity contribution in [2.24, 2.45) is 0 Å². The maximum atomic E-state index is 9.44. The molecule has 0 amide bonds. The minimum Gasteiger partial charge on any atom is -0.388 e. The second-order valence-electron chi connectivity index (χ2n) is 3.37. The van der Waals surface area contributed by atoms with Crippen molar-refractivity contribution in [3.63, 3.8) is 0 Å². The molecule has 86 valence electrons. The van der Waals surface area contributed by atoms with E-state index in [1.807, 2.05) is 30.3 Å². The molecule has 0 aromatic heterocycles. The van der Waals surface area contributed by atoms with Crippen molar-refractivity contribution in [1.82, 2.24) is 0 Å². The first kappa shape index (κ1) is 12.7. The summed E-state index contributed by atoms with van der Waals surface area (Å²) in [5, 5.41) is 9.44. The van der Waals surface area contributed by atoms with E-state index in [4.69, 9.17) is 15.9 Å². The molecule has 1 N–H and O–H groups in total. The van der Waals surface area contributed by atoms with Gasteiger partial charge in [0.05, 0.1) is 19.8 Å². The highest BCUT2D eigenvalue weighted by Gasteiger charge is 2.03. The van der Waals surface area contributed by atoms with Gasteiger partial charge < -0.3 is 14.6 Å². The van der Waals surface area contributed by atoms with Gasteiger partial charge in [-0.25, -0.2) is 0 Å². The highest BCUT2D eigenvalue weighted by atomic mass is 16.5. The Kier molecular flexibility index (Phi) is 6.28. The molecule has 1 rings (SSSR count). The molecule has 0 spiro atoms. The molecular formula is C13H16O3. The lowest BCUT2D eigenvalue weighted by atomic mass is 10.2. The molecule has 0 aliphatic heterocycles. The summed E-state index contributed by atoms with van der Waals surface area (Å²) in [6, 6.07) is 9.80. The van der Waals surface area contributed by atoms with Crippen LogP contribution in [0, 0.1) is 12.3 Å². The van der Waals surface area contributed by atoms with Crippen LogP contribution < -0.4 is 0 Å². The van der Waals surface area contributed by atoms with E-state index in [2.05, 4.69) is 5.92 Å². The zero-order valence-electron chi connectivity index (χ0n) is 9.13. The van der Waals surface area contributed by atoms with Gasteiger partial charge in [-0.2, -0.15) is 0 Å². The van der Waals surface area contributed by atoms with Gasteiger partial charge in [0.25, 0.3) is 0 Å². The summed E-state index contributed by atoms with van der Waals surface area (Å²) >= 11 is 0. The fourth-order valence-corrected chi connectivity index (χ4v) is 1.19. The molecule has 0 radical (unpaired) electrons. The second kappa shape index (κ2) is 7.89. The minimum absolute atomic E-state index is 0.207. The Morgan fingerprint density at radius 1 is 1.19 bits per heavy atom. The minimum atomic E-state index is -0.628. The van der Waals surface area contributed by atoms with Crippen LogP contribution >= 0.6 is 0 Å². The topological polar surface area (TPSA) is 38.7 Å². The molecule has 0 saturated heterocycles. The van der Waals surface area contributed by atoms with E-state index in [1.165, 1.54) is 0 Å². The van der Waals surface area contributed by atoms with Crippen LogP contribution in [-0.2, 0) is 16.1 Å². The Morgan fingerprint density at radius 2 is 1.88 bits per heavy atom. The van der Waals surface area contributed by atoms with Crippen molar-refractivity contribution in [3.05, 3.63) is 35.9 Å². The summed E-state index contributed by atoms with van der Waals surface area (Å²) in [5.41, 5.74) is 1.08. The Morgan fingerprint density at radius 3 is 2.56 bits per heavy atom. The van der Waals surface area contributed by atoms with Gasteiger partial charge in [0.2, 0.25) is 0 Å². The molecule has 1 aromatic carbocycles. The third-order valence-electron chi connectivity index (χ3n) is 1.92. The number of hydrogen-bond acceptors (Lipinski definition) is 3. The molecule has 1 aromatic rings. The summed E-state index contributed by atoms with van der Waals surface area (Å²) in [6.07, 6.45) is 4.38. The monoisotopic (exact) mass is 220 g/mol. The van der Waals surface area contributed by atoms with Crippen LogP contribution in [-0.4, -0.2) is 31.0 Å². The average Bonchev–Trinajstić information content (AvgIpc) is 2.31. The van der Waals surface area contributed by atoms with Crippen molar-refractivity contribution < 1.29 is 14.6 Å². The van der Waals surface area contributed by atoms with Gasteiger partial charge in [0.1, 0.15) is 12.7 Å². The molecule has 0 bridgehead atoms. The number of aliphatic hydroxyl groups is 1. The number of aliphatic hydroxyl groups excluding tert-OH is 1. The van der Waals surface area contributed by atoms with Gasteiger partial charge in [-0.15, -0.1) is 6.42 Å². The smallest absolute Gasteiger partial charge is 0.107 e. The first-order valence-corrected chi connectivity index (χ1v) is 5.14.